The van der Waals surface area contributed by atoms with E-state index in [1.165, 1.54) is 0 Å². The van der Waals surface area contributed by atoms with Crippen molar-refractivity contribution in [1.82, 2.24) is 0 Å². The minimum Gasteiger partial charge on any atom is -0.466 e. The first kappa shape index (κ1) is 16.2. The predicted molar refractivity (Wildman–Crippen MR) is 66.0 cm³/mol. The highest BCUT2D eigenvalue weighted by atomic mass is 35.5. The third-order valence-corrected chi connectivity index (χ3v) is 2.41. The van der Waals surface area contributed by atoms with Crippen LogP contribution in [0.2, 0.25) is 0 Å². The molecule has 0 N–H and O–H groups in total. The van der Waals surface area contributed by atoms with Crippen LogP contribution < -0.4 is 0 Å². The number of rotatable bonds is 9. The molecule has 0 saturated heterocycles. The van der Waals surface area contributed by atoms with Crippen LogP contribution in [-0.2, 0) is 19.1 Å². The van der Waals surface area contributed by atoms with Gasteiger partial charge in [-0.15, -0.1) is 11.6 Å². The molecule has 0 aliphatic carbocycles. The smallest absolute Gasteiger partial charge is 0.309 e. The van der Waals surface area contributed by atoms with E-state index in [2.05, 4.69) is 0 Å². The van der Waals surface area contributed by atoms with Crippen LogP contribution in [0.15, 0.2) is 0 Å². The Kier molecular flexibility index (Phi) is 9.92. The minimum absolute atomic E-state index is 0.0291. The van der Waals surface area contributed by atoms with Gasteiger partial charge in [-0.25, -0.2) is 0 Å². The van der Waals surface area contributed by atoms with Gasteiger partial charge in [0.1, 0.15) is 6.10 Å². The number of carbonyl (C=O) groups excluding carboxylic acids is 2. The summed E-state index contributed by atoms with van der Waals surface area (Å²) in [6, 6.07) is 0. The van der Waals surface area contributed by atoms with Gasteiger partial charge in [-0.3, -0.25) is 9.59 Å². The minimum atomic E-state index is -0.578. The van der Waals surface area contributed by atoms with E-state index in [4.69, 9.17) is 21.1 Å². The van der Waals surface area contributed by atoms with Crippen molar-refractivity contribution in [3.05, 3.63) is 0 Å². The Morgan fingerprint density at radius 2 is 1.88 bits per heavy atom. The highest BCUT2D eigenvalue weighted by Gasteiger charge is 2.18. The average molecular weight is 265 g/mol. The summed E-state index contributed by atoms with van der Waals surface area (Å²) in [6.07, 6.45) is 2.31. The maximum Gasteiger partial charge on any atom is 0.309 e. The molecule has 100 valence electrons. The first-order chi connectivity index (χ1) is 8.13. The van der Waals surface area contributed by atoms with Crippen LogP contribution in [0.5, 0.6) is 0 Å². The molecule has 1 unspecified atom stereocenters. The zero-order valence-corrected chi connectivity index (χ0v) is 11.3. The fourth-order valence-electron chi connectivity index (χ4n) is 1.15. The molecular formula is C12H21ClO4. The first-order valence-electron chi connectivity index (χ1n) is 6.05. The zero-order chi connectivity index (χ0) is 13.1. The van der Waals surface area contributed by atoms with Crippen LogP contribution in [0.3, 0.4) is 0 Å². The molecule has 0 aromatic heterocycles. The Hall–Kier alpha value is -0.770. The summed E-state index contributed by atoms with van der Waals surface area (Å²) in [6.45, 7) is 4.29. The van der Waals surface area contributed by atoms with Crippen LogP contribution in [0, 0.1) is 0 Å². The third-order valence-electron chi connectivity index (χ3n) is 2.07. The van der Waals surface area contributed by atoms with Crippen LogP contribution in [-0.4, -0.2) is 30.5 Å². The molecule has 0 fully saturated rings. The fourth-order valence-corrected chi connectivity index (χ4v) is 1.33. The molecule has 0 rings (SSSR count). The summed E-state index contributed by atoms with van der Waals surface area (Å²) in [5, 5.41) is 0. The topological polar surface area (TPSA) is 52.6 Å². The summed E-state index contributed by atoms with van der Waals surface area (Å²) >= 11 is 5.64. The molecule has 0 aliphatic rings. The normalized spacial score (nSPS) is 11.9. The lowest BCUT2D eigenvalue weighted by Gasteiger charge is -2.14. The maximum atomic E-state index is 11.3. The molecule has 0 aliphatic heterocycles. The summed E-state index contributed by atoms with van der Waals surface area (Å²) in [4.78, 5) is 22.6. The van der Waals surface area contributed by atoms with Crippen molar-refractivity contribution >= 4 is 23.5 Å². The summed E-state index contributed by atoms with van der Waals surface area (Å²) < 4.78 is 9.98. The average Bonchev–Trinajstić information content (AvgIpc) is 2.32. The second kappa shape index (κ2) is 10.4. The SMILES string of the molecule is CCCCC(=O)OC(CCl)CC(=O)OCCC. The second-order valence-electron chi connectivity index (χ2n) is 3.79. The van der Waals surface area contributed by atoms with Gasteiger partial charge in [-0.05, 0) is 12.8 Å². The van der Waals surface area contributed by atoms with E-state index in [-0.39, 0.29) is 24.2 Å². The van der Waals surface area contributed by atoms with Gasteiger partial charge in [0.15, 0.2) is 0 Å². The van der Waals surface area contributed by atoms with Gasteiger partial charge in [0, 0.05) is 6.42 Å². The van der Waals surface area contributed by atoms with Crippen molar-refractivity contribution in [1.29, 1.82) is 0 Å². The van der Waals surface area contributed by atoms with Crippen LogP contribution in [0.1, 0.15) is 46.0 Å². The molecule has 17 heavy (non-hydrogen) atoms. The van der Waals surface area contributed by atoms with Crippen molar-refractivity contribution in [2.75, 3.05) is 12.5 Å². The van der Waals surface area contributed by atoms with Gasteiger partial charge in [-0.2, -0.15) is 0 Å². The number of hydrogen-bond donors (Lipinski definition) is 0. The van der Waals surface area contributed by atoms with Gasteiger partial charge in [0.2, 0.25) is 0 Å². The number of alkyl halides is 1. The summed E-state index contributed by atoms with van der Waals surface area (Å²) in [5.41, 5.74) is 0. The lowest BCUT2D eigenvalue weighted by Crippen LogP contribution is -2.24. The second-order valence-corrected chi connectivity index (χ2v) is 4.10. The number of carbonyl (C=O) groups is 2. The molecule has 0 amide bonds. The van der Waals surface area contributed by atoms with E-state index in [1.807, 2.05) is 13.8 Å². The van der Waals surface area contributed by atoms with Crippen molar-refractivity contribution in [3.8, 4) is 0 Å². The predicted octanol–water partition coefficient (Wildman–Crippen LogP) is 2.67. The van der Waals surface area contributed by atoms with Crippen molar-refractivity contribution in [2.24, 2.45) is 0 Å². The Balaban J connectivity index is 3.89. The van der Waals surface area contributed by atoms with Crippen LogP contribution >= 0.6 is 11.6 Å². The highest BCUT2D eigenvalue weighted by molar-refractivity contribution is 6.18. The van der Waals surface area contributed by atoms with Gasteiger partial charge in [0.25, 0.3) is 0 Å². The molecule has 0 spiro atoms. The molecule has 0 aromatic rings. The number of hydrogen-bond acceptors (Lipinski definition) is 4. The summed E-state index contributed by atoms with van der Waals surface area (Å²) in [5.74, 6) is -0.569. The van der Waals surface area contributed by atoms with E-state index < -0.39 is 6.10 Å². The number of halogens is 1. The molecule has 1 atom stereocenters. The molecular weight excluding hydrogens is 244 g/mol. The fraction of sp³-hybridized carbons (Fsp3) is 0.833. The monoisotopic (exact) mass is 264 g/mol. The molecule has 0 heterocycles. The molecule has 4 nitrogen and oxygen atoms in total. The van der Waals surface area contributed by atoms with E-state index >= 15 is 0 Å². The number of esters is 2. The first-order valence-corrected chi connectivity index (χ1v) is 6.58. The molecule has 0 bridgehead atoms. The largest absolute Gasteiger partial charge is 0.466 e. The van der Waals surface area contributed by atoms with E-state index in [1.54, 1.807) is 0 Å². The Morgan fingerprint density at radius 3 is 2.41 bits per heavy atom. The number of ether oxygens (including phenoxy) is 2. The molecule has 0 radical (unpaired) electrons. The van der Waals surface area contributed by atoms with E-state index in [0.29, 0.717) is 13.0 Å². The van der Waals surface area contributed by atoms with Gasteiger partial charge in [0.05, 0.1) is 18.9 Å². The molecule has 0 saturated carbocycles. The van der Waals surface area contributed by atoms with Crippen molar-refractivity contribution in [2.45, 2.75) is 52.1 Å². The third kappa shape index (κ3) is 8.98. The van der Waals surface area contributed by atoms with Crippen LogP contribution in [0.4, 0.5) is 0 Å². The van der Waals surface area contributed by atoms with Gasteiger partial charge >= 0.3 is 11.9 Å². The Morgan fingerprint density at radius 1 is 1.18 bits per heavy atom. The van der Waals surface area contributed by atoms with Gasteiger partial charge < -0.3 is 9.47 Å². The maximum absolute atomic E-state index is 11.3. The van der Waals surface area contributed by atoms with Crippen LogP contribution in [0.25, 0.3) is 0 Å². The summed E-state index contributed by atoms with van der Waals surface area (Å²) in [7, 11) is 0. The molecule has 5 heteroatoms. The lowest BCUT2D eigenvalue weighted by molar-refractivity contribution is -0.154. The molecule has 0 aromatic carbocycles. The Labute approximate surface area is 108 Å². The quantitative estimate of drug-likeness (QED) is 0.475. The van der Waals surface area contributed by atoms with Crippen molar-refractivity contribution < 1.29 is 19.1 Å². The standard InChI is InChI=1S/C12H21ClO4/c1-3-5-6-11(14)17-10(9-13)8-12(15)16-7-4-2/h10H,3-9H2,1-2H3. The Bertz CT molecular complexity index is 209. The van der Waals surface area contributed by atoms with Gasteiger partial charge in [-0.1, -0.05) is 20.3 Å². The van der Waals surface area contributed by atoms with Crippen molar-refractivity contribution in [3.63, 3.8) is 0 Å². The highest BCUT2D eigenvalue weighted by Crippen LogP contribution is 2.07. The van der Waals surface area contributed by atoms with E-state index in [0.717, 1.165) is 19.3 Å². The zero-order valence-electron chi connectivity index (χ0n) is 10.5. The number of unbranched alkanes of at least 4 members (excludes halogenated alkanes) is 1. The van der Waals surface area contributed by atoms with E-state index in [9.17, 15) is 9.59 Å². The lowest BCUT2D eigenvalue weighted by atomic mass is 10.2.